The van der Waals surface area contributed by atoms with E-state index in [2.05, 4.69) is 50.0 Å². The van der Waals surface area contributed by atoms with Gasteiger partial charge in [0.1, 0.15) is 0 Å². The van der Waals surface area contributed by atoms with Crippen molar-refractivity contribution in [2.45, 2.75) is 0 Å². The molecule has 0 saturated heterocycles. The van der Waals surface area contributed by atoms with Crippen LogP contribution in [-0.2, 0) is 0 Å². The normalized spacial score (nSPS) is 10.2. The summed E-state index contributed by atoms with van der Waals surface area (Å²) >= 11 is 7.44. The third kappa shape index (κ3) is 1.60. The summed E-state index contributed by atoms with van der Waals surface area (Å²) in [5.74, 6) is 0. The third-order valence-corrected chi connectivity index (χ3v) is 4.54. The number of rotatable bonds is 0. The van der Waals surface area contributed by atoms with Gasteiger partial charge in [-0.3, -0.25) is 0 Å². The number of halogens is 2. The minimum atomic E-state index is 0.706. The molecule has 0 aliphatic heterocycles. The van der Waals surface area contributed by atoms with Crippen LogP contribution in [0.3, 0.4) is 0 Å². The molecule has 0 radical (unpaired) electrons. The summed E-state index contributed by atoms with van der Waals surface area (Å²) in [5.41, 5.74) is 0.706. The van der Waals surface area contributed by atoms with Gasteiger partial charge in [-0.15, -0.1) is 11.3 Å². The average Bonchev–Trinajstić information content (AvgIpc) is 2.48. The van der Waals surface area contributed by atoms with Gasteiger partial charge >= 0.3 is 0 Å². The topological polar surface area (TPSA) is 23.8 Å². The van der Waals surface area contributed by atoms with Crippen molar-refractivity contribution < 1.29 is 0 Å². The van der Waals surface area contributed by atoms with Crippen LogP contribution in [0, 0.1) is 14.9 Å². The summed E-state index contributed by atoms with van der Waals surface area (Å²) in [6, 6.07) is 5.93. The lowest BCUT2D eigenvalue weighted by Gasteiger charge is -1.96. The van der Waals surface area contributed by atoms with Gasteiger partial charge in [0.05, 0.1) is 11.6 Å². The number of nitriles is 1. The zero-order valence-electron chi connectivity index (χ0n) is 6.34. The monoisotopic (exact) mass is 363 g/mol. The van der Waals surface area contributed by atoms with E-state index in [0.717, 1.165) is 9.17 Å². The van der Waals surface area contributed by atoms with Crippen molar-refractivity contribution in [1.82, 2.24) is 0 Å². The van der Waals surface area contributed by atoms with Crippen molar-refractivity contribution in [2.75, 3.05) is 0 Å². The third-order valence-electron chi connectivity index (χ3n) is 1.71. The molecule has 0 atom stereocenters. The number of benzene rings is 1. The van der Waals surface area contributed by atoms with Crippen molar-refractivity contribution >= 4 is 59.9 Å². The van der Waals surface area contributed by atoms with Gasteiger partial charge in [-0.2, -0.15) is 5.26 Å². The molecule has 4 heteroatoms. The molecule has 0 bridgehead atoms. The second-order valence-electron chi connectivity index (χ2n) is 2.53. The fourth-order valence-electron chi connectivity index (χ4n) is 1.14. The lowest BCUT2D eigenvalue weighted by atomic mass is 10.2. The van der Waals surface area contributed by atoms with Crippen LogP contribution in [0.15, 0.2) is 22.0 Å². The molecular weight excluding hydrogens is 361 g/mol. The molecule has 0 aliphatic rings. The minimum Gasteiger partial charge on any atom is -0.192 e. The molecule has 1 aromatic heterocycles. The van der Waals surface area contributed by atoms with E-state index in [1.54, 1.807) is 11.3 Å². The quantitative estimate of drug-likeness (QED) is 0.645. The summed E-state index contributed by atoms with van der Waals surface area (Å²) in [6.07, 6.45) is 0. The van der Waals surface area contributed by atoms with Crippen molar-refractivity contribution in [3.05, 3.63) is 31.1 Å². The predicted molar refractivity (Wildman–Crippen MR) is 67.0 cm³/mol. The maximum Gasteiger partial charge on any atom is 0.0992 e. The zero-order chi connectivity index (χ0) is 9.42. The fourth-order valence-corrected chi connectivity index (χ4v) is 4.35. The predicted octanol–water partition coefficient (Wildman–Crippen LogP) is 4.14. The standard InChI is InChI=1S/C9H3BrINS/c10-6-1-5(3-12)2-8-9(6)7(11)4-13-8/h1-2,4H. The van der Waals surface area contributed by atoms with E-state index in [-0.39, 0.29) is 0 Å². The molecule has 0 N–H and O–H groups in total. The SMILES string of the molecule is N#Cc1cc(Br)c2c(I)csc2c1. The largest absolute Gasteiger partial charge is 0.192 e. The Bertz CT molecular complexity index is 512. The highest BCUT2D eigenvalue weighted by atomic mass is 127. The van der Waals surface area contributed by atoms with Gasteiger partial charge in [-0.1, -0.05) is 15.9 Å². The molecule has 0 spiro atoms. The Morgan fingerprint density at radius 1 is 1.46 bits per heavy atom. The van der Waals surface area contributed by atoms with Crippen molar-refractivity contribution in [3.63, 3.8) is 0 Å². The number of nitrogens with zero attached hydrogens (tertiary/aromatic N) is 1. The van der Waals surface area contributed by atoms with Crippen LogP contribution < -0.4 is 0 Å². The summed E-state index contributed by atoms with van der Waals surface area (Å²) < 4.78 is 3.40. The Kier molecular flexibility index (Phi) is 2.58. The molecule has 64 valence electrons. The maximum atomic E-state index is 8.76. The Labute approximate surface area is 102 Å². The first-order chi connectivity index (χ1) is 6.22. The van der Waals surface area contributed by atoms with Crippen LogP contribution in [-0.4, -0.2) is 0 Å². The first kappa shape index (κ1) is 9.44. The molecule has 0 fully saturated rings. The van der Waals surface area contributed by atoms with Gasteiger partial charge in [0.2, 0.25) is 0 Å². The number of thiophene rings is 1. The fraction of sp³-hybridized carbons (Fsp3) is 0. The molecule has 2 rings (SSSR count). The zero-order valence-corrected chi connectivity index (χ0v) is 10.9. The highest BCUT2D eigenvalue weighted by Crippen LogP contribution is 2.34. The van der Waals surface area contributed by atoms with Crippen molar-refractivity contribution in [3.8, 4) is 6.07 Å². The summed E-state index contributed by atoms with van der Waals surface area (Å²) in [7, 11) is 0. The van der Waals surface area contributed by atoms with Crippen molar-refractivity contribution in [1.29, 1.82) is 5.26 Å². The maximum absolute atomic E-state index is 8.76. The van der Waals surface area contributed by atoms with Crippen LogP contribution in [0.4, 0.5) is 0 Å². The van der Waals surface area contributed by atoms with Gasteiger partial charge in [0, 0.05) is 23.5 Å². The molecule has 0 aliphatic carbocycles. The highest BCUT2D eigenvalue weighted by Gasteiger charge is 2.06. The Morgan fingerprint density at radius 2 is 2.23 bits per heavy atom. The van der Waals surface area contributed by atoms with Gasteiger partial charge in [0.25, 0.3) is 0 Å². The van der Waals surface area contributed by atoms with Gasteiger partial charge in [-0.05, 0) is 34.7 Å². The van der Waals surface area contributed by atoms with Crippen LogP contribution in [0.1, 0.15) is 5.56 Å². The van der Waals surface area contributed by atoms with Gasteiger partial charge in [0.15, 0.2) is 0 Å². The molecule has 1 aromatic carbocycles. The first-order valence-corrected chi connectivity index (χ1v) is 6.24. The van der Waals surface area contributed by atoms with E-state index in [1.165, 1.54) is 8.96 Å². The van der Waals surface area contributed by atoms with Gasteiger partial charge < -0.3 is 0 Å². The van der Waals surface area contributed by atoms with E-state index in [0.29, 0.717) is 5.56 Å². The van der Waals surface area contributed by atoms with Crippen LogP contribution in [0.2, 0.25) is 0 Å². The van der Waals surface area contributed by atoms with Crippen molar-refractivity contribution in [2.24, 2.45) is 0 Å². The molecule has 0 saturated carbocycles. The van der Waals surface area contributed by atoms with E-state index < -0.39 is 0 Å². The molecule has 1 nitrogen and oxygen atoms in total. The Hall–Kier alpha value is -0.120. The second-order valence-corrected chi connectivity index (χ2v) is 5.45. The molecule has 13 heavy (non-hydrogen) atoms. The molecular formula is C9H3BrINS. The number of hydrogen-bond acceptors (Lipinski definition) is 2. The smallest absolute Gasteiger partial charge is 0.0992 e. The highest BCUT2D eigenvalue weighted by molar-refractivity contribution is 14.1. The van der Waals surface area contributed by atoms with E-state index in [1.807, 2.05) is 12.1 Å². The molecule has 2 aromatic rings. The average molecular weight is 364 g/mol. The summed E-state index contributed by atoms with van der Waals surface area (Å²) in [4.78, 5) is 0. The van der Waals surface area contributed by atoms with Crippen LogP contribution >= 0.6 is 49.9 Å². The first-order valence-electron chi connectivity index (χ1n) is 3.48. The number of fused-ring (bicyclic) bond motifs is 1. The molecule has 0 unspecified atom stereocenters. The Balaban J connectivity index is 2.89. The second kappa shape index (κ2) is 3.56. The lowest BCUT2D eigenvalue weighted by Crippen LogP contribution is -1.76. The Morgan fingerprint density at radius 3 is 2.92 bits per heavy atom. The van der Waals surface area contributed by atoms with Crippen LogP contribution in [0.5, 0.6) is 0 Å². The van der Waals surface area contributed by atoms with E-state index in [9.17, 15) is 0 Å². The minimum absolute atomic E-state index is 0.706. The molecule has 1 heterocycles. The molecule has 0 amide bonds. The summed E-state index contributed by atoms with van der Waals surface area (Å²) in [6.45, 7) is 0. The van der Waals surface area contributed by atoms with E-state index in [4.69, 9.17) is 5.26 Å². The van der Waals surface area contributed by atoms with E-state index >= 15 is 0 Å². The van der Waals surface area contributed by atoms with Gasteiger partial charge in [-0.25, -0.2) is 0 Å². The summed E-state index contributed by atoms with van der Waals surface area (Å²) in [5, 5.41) is 12.1. The number of hydrogen-bond donors (Lipinski definition) is 0. The lowest BCUT2D eigenvalue weighted by molar-refractivity contribution is 1.49. The van der Waals surface area contributed by atoms with Crippen LogP contribution in [0.25, 0.3) is 10.1 Å².